The molecule has 0 aromatic carbocycles. The highest BCUT2D eigenvalue weighted by atomic mass is 16.5. The zero-order valence-electron chi connectivity index (χ0n) is 13.3. The van der Waals surface area contributed by atoms with Crippen LogP contribution in [0.2, 0.25) is 0 Å². The van der Waals surface area contributed by atoms with Gasteiger partial charge in [0.25, 0.3) is 5.91 Å². The van der Waals surface area contributed by atoms with Gasteiger partial charge in [0.15, 0.2) is 5.69 Å². The zero-order valence-corrected chi connectivity index (χ0v) is 13.3. The summed E-state index contributed by atoms with van der Waals surface area (Å²) < 4.78 is 5.01. The average molecular weight is 313 g/mol. The van der Waals surface area contributed by atoms with E-state index in [9.17, 15) is 4.79 Å². The predicted molar refractivity (Wildman–Crippen MR) is 83.1 cm³/mol. The third kappa shape index (κ3) is 2.56. The van der Waals surface area contributed by atoms with Crippen molar-refractivity contribution in [3.8, 4) is 0 Å². The summed E-state index contributed by atoms with van der Waals surface area (Å²) in [5.74, 6) is 2.60. The minimum Gasteiger partial charge on any atom is -0.361 e. The molecule has 0 radical (unpaired) electrons. The number of hydrogen-bond donors (Lipinski definition) is 0. The summed E-state index contributed by atoms with van der Waals surface area (Å²) in [7, 11) is 0. The number of aryl methyl sites for hydroxylation is 2. The van der Waals surface area contributed by atoms with Crippen molar-refractivity contribution in [1.29, 1.82) is 0 Å². The maximum Gasteiger partial charge on any atom is 0.276 e. The molecule has 120 valence electrons. The summed E-state index contributed by atoms with van der Waals surface area (Å²) in [6, 6.07) is 3.72. The van der Waals surface area contributed by atoms with Crippen LogP contribution < -0.4 is 4.90 Å². The summed E-state index contributed by atoms with van der Waals surface area (Å²) in [5, 5.41) is 3.83. The van der Waals surface area contributed by atoms with Gasteiger partial charge in [-0.25, -0.2) is 9.97 Å². The van der Waals surface area contributed by atoms with Gasteiger partial charge in [-0.3, -0.25) is 4.79 Å². The molecule has 0 bridgehead atoms. The normalized spacial score (nSPS) is 23.4. The van der Waals surface area contributed by atoms with Crippen molar-refractivity contribution in [3.05, 3.63) is 35.6 Å². The Morgan fingerprint density at radius 1 is 1.13 bits per heavy atom. The smallest absolute Gasteiger partial charge is 0.276 e. The van der Waals surface area contributed by atoms with Crippen LogP contribution in [0.1, 0.15) is 21.9 Å². The standard InChI is InChI=1S/C16H19N5O2/c1-10-3-15(18-9-17-10)20-5-12-7-21(8-13(12)6-20)16(22)14-4-11(2)23-19-14/h3-4,9,12-13H,5-8H2,1-2H3. The molecular formula is C16H19N5O2. The molecule has 1 amide bonds. The number of fused-ring (bicyclic) bond motifs is 1. The molecule has 4 heterocycles. The second-order valence-corrected chi connectivity index (χ2v) is 6.48. The van der Waals surface area contributed by atoms with Crippen molar-refractivity contribution >= 4 is 11.7 Å². The van der Waals surface area contributed by atoms with Crippen LogP contribution in [0.5, 0.6) is 0 Å². The molecule has 2 saturated heterocycles. The Bertz CT molecular complexity index is 730. The third-order valence-corrected chi connectivity index (χ3v) is 4.73. The van der Waals surface area contributed by atoms with Gasteiger partial charge in [0.2, 0.25) is 0 Å². The van der Waals surface area contributed by atoms with Gasteiger partial charge in [-0.1, -0.05) is 5.16 Å². The van der Waals surface area contributed by atoms with Gasteiger partial charge in [0, 0.05) is 55.8 Å². The number of carbonyl (C=O) groups is 1. The van der Waals surface area contributed by atoms with Crippen molar-refractivity contribution in [2.45, 2.75) is 13.8 Å². The summed E-state index contributed by atoms with van der Waals surface area (Å²) in [6.07, 6.45) is 1.61. The molecule has 2 aromatic heterocycles. The molecular weight excluding hydrogens is 294 g/mol. The van der Waals surface area contributed by atoms with Crippen molar-refractivity contribution in [1.82, 2.24) is 20.0 Å². The van der Waals surface area contributed by atoms with Crippen LogP contribution in [0.4, 0.5) is 5.82 Å². The number of carbonyl (C=O) groups excluding carboxylic acids is 1. The first-order valence-corrected chi connectivity index (χ1v) is 7.86. The van der Waals surface area contributed by atoms with Crippen LogP contribution >= 0.6 is 0 Å². The van der Waals surface area contributed by atoms with Crippen LogP contribution in [-0.4, -0.2) is 52.1 Å². The molecule has 2 fully saturated rings. The van der Waals surface area contributed by atoms with Gasteiger partial charge in [-0.05, 0) is 13.8 Å². The second-order valence-electron chi connectivity index (χ2n) is 6.48. The van der Waals surface area contributed by atoms with Crippen molar-refractivity contribution < 1.29 is 9.32 Å². The van der Waals surface area contributed by atoms with Gasteiger partial charge in [0.05, 0.1) is 0 Å². The molecule has 0 N–H and O–H groups in total. The number of likely N-dealkylation sites (tertiary alicyclic amines) is 1. The fourth-order valence-electron chi connectivity index (χ4n) is 3.59. The van der Waals surface area contributed by atoms with Crippen molar-refractivity contribution in [2.75, 3.05) is 31.1 Å². The van der Waals surface area contributed by atoms with E-state index in [-0.39, 0.29) is 5.91 Å². The minimum atomic E-state index is -0.0271. The second kappa shape index (κ2) is 5.33. The van der Waals surface area contributed by atoms with Crippen molar-refractivity contribution in [3.63, 3.8) is 0 Å². The Morgan fingerprint density at radius 2 is 1.87 bits per heavy atom. The van der Waals surface area contributed by atoms with Gasteiger partial charge >= 0.3 is 0 Å². The van der Waals surface area contributed by atoms with E-state index in [0.717, 1.165) is 37.7 Å². The van der Waals surface area contributed by atoms with Gasteiger partial charge in [-0.15, -0.1) is 0 Å². The molecule has 23 heavy (non-hydrogen) atoms. The Kier molecular flexibility index (Phi) is 3.28. The molecule has 2 aliphatic heterocycles. The lowest BCUT2D eigenvalue weighted by molar-refractivity contribution is 0.0772. The minimum absolute atomic E-state index is 0.0271. The Labute approximate surface area is 134 Å². The lowest BCUT2D eigenvalue weighted by Crippen LogP contribution is -2.33. The van der Waals surface area contributed by atoms with E-state index in [1.807, 2.05) is 17.9 Å². The van der Waals surface area contributed by atoms with E-state index >= 15 is 0 Å². The maximum atomic E-state index is 12.5. The van der Waals surface area contributed by atoms with Crippen LogP contribution in [0.15, 0.2) is 23.0 Å². The van der Waals surface area contributed by atoms with Gasteiger partial charge in [0.1, 0.15) is 17.9 Å². The van der Waals surface area contributed by atoms with Crippen LogP contribution in [0, 0.1) is 25.7 Å². The summed E-state index contributed by atoms with van der Waals surface area (Å²) in [6.45, 7) is 7.18. The number of amides is 1. The van der Waals surface area contributed by atoms with Gasteiger partial charge in [-0.2, -0.15) is 0 Å². The van der Waals surface area contributed by atoms with E-state index < -0.39 is 0 Å². The quantitative estimate of drug-likeness (QED) is 0.831. The van der Waals surface area contributed by atoms with Crippen molar-refractivity contribution in [2.24, 2.45) is 11.8 Å². The molecule has 0 saturated carbocycles. The molecule has 7 heteroatoms. The Hall–Kier alpha value is -2.44. The first kappa shape index (κ1) is 14.2. The molecule has 0 spiro atoms. The Morgan fingerprint density at radius 3 is 2.48 bits per heavy atom. The van der Waals surface area contributed by atoms with E-state index in [4.69, 9.17) is 4.52 Å². The SMILES string of the molecule is Cc1cc(N2CC3CN(C(=O)c4cc(C)on4)CC3C2)ncn1. The maximum absolute atomic E-state index is 12.5. The molecule has 2 aliphatic rings. The first-order valence-electron chi connectivity index (χ1n) is 7.86. The molecule has 2 unspecified atom stereocenters. The van der Waals surface area contributed by atoms with E-state index in [1.165, 1.54) is 0 Å². The largest absolute Gasteiger partial charge is 0.361 e. The molecule has 4 rings (SSSR count). The molecule has 7 nitrogen and oxygen atoms in total. The number of hydrogen-bond acceptors (Lipinski definition) is 6. The van der Waals surface area contributed by atoms with E-state index in [2.05, 4.69) is 20.0 Å². The van der Waals surface area contributed by atoms with E-state index in [1.54, 1.807) is 19.3 Å². The third-order valence-electron chi connectivity index (χ3n) is 4.73. The molecule has 2 atom stereocenters. The number of aromatic nitrogens is 3. The van der Waals surface area contributed by atoms with Gasteiger partial charge < -0.3 is 14.3 Å². The predicted octanol–water partition coefficient (Wildman–Crippen LogP) is 1.29. The monoisotopic (exact) mass is 313 g/mol. The lowest BCUT2D eigenvalue weighted by atomic mass is 10.0. The lowest BCUT2D eigenvalue weighted by Gasteiger charge is -2.22. The van der Waals surface area contributed by atoms with Crippen LogP contribution in [-0.2, 0) is 0 Å². The number of nitrogens with zero attached hydrogens (tertiary/aromatic N) is 5. The highest BCUT2D eigenvalue weighted by molar-refractivity contribution is 5.92. The highest BCUT2D eigenvalue weighted by Gasteiger charge is 2.42. The number of anilines is 1. The fourth-order valence-corrected chi connectivity index (χ4v) is 3.59. The summed E-state index contributed by atoms with van der Waals surface area (Å²) in [5.41, 5.74) is 1.39. The first-order chi connectivity index (χ1) is 11.1. The topological polar surface area (TPSA) is 75.4 Å². The van der Waals surface area contributed by atoms with E-state index in [0.29, 0.717) is 23.3 Å². The highest BCUT2D eigenvalue weighted by Crippen LogP contribution is 2.33. The summed E-state index contributed by atoms with van der Waals surface area (Å²) >= 11 is 0. The van der Waals surface area contributed by atoms with Crippen LogP contribution in [0.3, 0.4) is 0 Å². The fraction of sp³-hybridized carbons (Fsp3) is 0.500. The number of rotatable bonds is 2. The average Bonchev–Trinajstić information content (AvgIpc) is 3.20. The summed E-state index contributed by atoms with van der Waals surface area (Å²) in [4.78, 5) is 25.2. The molecule has 0 aliphatic carbocycles. The zero-order chi connectivity index (χ0) is 16.0. The Balaban J connectivity index is 1.43. The molecule has 2 aromatic rings. The van der Waals surface area contributed by atoms with Crippen LogP contribution in [0.25, 0.3) is 0 Å².